The normalized spacial score (nSPS) is 13.0. The van der Waals surface area contributed by atoms with Crippen LogP contribution in [0.1, 0.15) is 32.6 Å². The van der Waals surface area contributed by atoms with Gasteiger partial charge in [-0.2, -0.15) is 0 Å². The molecule has 1 N–H and O–H groups in total. The molecule has 2 aromatic rings. The topological polar surface area (TPSA) is 37.3 Å². The van der Waals surface area contributed by atoms with E-state index in [0.717, 1.165) is 29.9 Å². The summed E-state index contributed by atoms with van der Waals surface area (Å²) in [6.45, 7) is 2.12. The summed E-state index contributed by atoms with van der Waals surface area (Å²) in [6.07, 6.45) is 3.63. The average Bonchev–Trinajstić information content (AvgIpc) is 2.59. The molecule has 0 aliphatic carbocycles. The van der Waals surface area contributed by atoms with E-state index in [0.29, 0.717) is 12.6 Å². The molecule has 0 saturated heterocycles. The summed E-state index contributed by atoms with van der Waals surface area (Å²) < 4.78 is 13.7. The highest BCUT2D eigenvalue weighted by atomic mass is 31.2. The molecule has 2 rings (SSSR count). The number of hydrogen-bond donors (Lipinski definition) is 1. The van der Waals surface area contributed by atoms with E-state index in [9.17, 15) is 9.67 Å². The van der Waals surface area contributed by atoms with Gasteiger partial charge in [0.15, 0.2) is 0 Å². The molecule has 0 aliphatic heterocycles. The number of aliphatic hydroxyl groups is 1. The zero-order chi connectivity index (χ0) is 15.8. The van der Waals surface area contributed by atoms with Crippen molar-refractivity contribution in [2.75, 3.05) is 6.16 Å². The number of rotatable bonds is 8. The van der Waals surface area contributed by atoms with Crippen molar-refractivity contribution in [1.29, 1.82) is 0 Å². The van der Waals surface area contributed by atoms with E-state index in [2.05, 4.69) is 6.92 Å². The van der Waals surface area contributed by atoms with Crippen LogP contribution in [-0.2, 0) is 4.57 Å². The lowest BCUT2D eigenvalue weighted by Gasteiger charge is -2.21. The number of aliphatic hydroxyl groups excluding tert-OH is 1. The van der Waals surface area contributed by atoms with Crippen molar-refractivity contribution >= 4 is 17.8 Å². The molecule has 0 fully saturated rings. The van der Waals surface area contributed by atoms with Crippen molar-refractivity contribution in [3.63, 3.8) is 0 Å². The summed E-state index contributed by atoms with van der Waals surface area (Å²) in [7, 11) is -2.67. The molecule has 0 spiro atoms. The van der Waals surface area contributed by atoms with Gasteiger partial charge < -0.3 is 9.67 Å². The predicted molar refractivity (Wildman–Crippen MR) is 94.8 cm³/mol. The third-order valence-electron chi connectivity index (χ3n) is 4.01. The molecule has 0 aromatic heterocycles. The van der Waals surface area contributed by atoms with Crippen LogP contribution in [0.3, 0.4) is 0 Å². The Kier molecular flexibility index (Phi) is 6.42. The molecule has 0 saturated carbocycles. The van der Waals surface area contributed by atoms with Crippen molar-refractivity contribution in [3.8, 4) is 0 Å². The van der Waals surface area contributed by atoms with E-state index in [4.69, 9.17) is 0 Å². The van der Waals surface area contributed by atoms with Crippen molar-refractivity contribution in [1.82, 2.24) is 0 Å². The SMILES string of the molecule is CCCC[C@@H](O)CCP(=O)(c1ccccc1)c1ccccc1. The fourth-order valence-corrected chi connectivity index (χ4v) is 5.44. The Bertz CT molecular complexity index is 552. The first kappa shape index (κ1) is 17.0. The van der Waals surface area contributed by atoms with Gasteiger partial charge in [-0.3, -0.25) is 0 Å². The van der Waals surface area contributed by atoms with Crippen molar-refractivity contribution in [3.05, 3.63) is 60.7 Å². The minimum Gasteiger partial charge on any atom is -0.393 e. The number of hydrogen-bond acceptors (Lipinski definition) is 2. The largest absolute Gasteiger partial charge is 0.393 e. The molecule has 0 aliphatic rings. The van der Waals surface area contributed by atoms with Crippen LogP contribution in [0.2, 0.25) is 0 Å². The molecule has 0 amide bonds. The lowest BCUT2D eigenvalue weighted by atomic mass is 10.1. The quantitative estimate of drug-likeness (QED) is 0.749. The van der Waals surface area contributed by atoms with E-state index in [1.54, 1.807) is 0 Å². The smallest absolute Gasteiger partial charge is 0.143 e. The second-order valence-corrected chi connectivity index (χ2v) is 8.68. The van der Waals surface area contributed by atoms with Crippen molar-refractivity contribution in [2.24, 2.45) is 0 Å². The van der Waals surface area contributed by atoms with Crippen LogP contribution in [0, 0.1) is 0 Å². The van der Waals surface area contributed by atoms with Crippen LogP contribution in [0.5, 0.6) is 0 Å². The summed E-state index contributed by atoms with van der Waals surface area (Å²) in [5.74, 6) is 0. The van der Waals surface area contributed by atoms with Gasteiger partial charge in [0.2, 0.25) is 0 Å². The summed E-state index contributed by atoms with van der Waals surface area (Å²) in [5.41, 5.74) is 0. The Morgan fingerprint density at radius 1 is 0.909 bits per heavy atom. The molecule has 0 radical (unpaired) electrons. The monoisotopic (exact) mass is 316 g/mol. The van der Waals surface area contributed by atoms with E-state index < -0.39 is 7.14 Å². The van der Waals surface area contributed by atoms with E-state index in [1.165, 1.54) is 0 Å². The Hall–Kier alpha value is -1.37. The summed E-state index contributed by atoms with van der Waals surface area (Å²) >= 11 is 0. The highest BCUT2D eigenvalue weighted by Crippen LogP contribution is 2.44. The molecule has 0 heterocycles. The second kappa shape index (κ2) is 8.31. The van der Waals surface area contributed by atoms with Gasteiger partial charge in [-0.05, 0) is 12.8 Å². The zero-order valence-electron chi connectivity index (χ0n) is 13.2. The highest BCUT2D eigenvalue weighted by molar-refractivity contribution is 7.78. The molecule has 2 aromatic carbocycles. The molecule has 118 valence electrons. The fraction of sp³-hybridized carbons (Fsp3) is 0.368. The Balaban J connectivity index is 2.22. The van der Waals surface area contributed by atoms with Crippen molar-refractivity contribution in [2.45, 2.75) is 38.7 Å². The van der Waals surface area contributed by atoms with Gasteiger partial charge >= 0.3 is 0 Å². The van der Waals surface area contributed by atoms with Crippen LogP contribution in [-0.4, -0.2) is 17.4 Å². The highest BCUT2D eigenvalue weighted by Gasteiger charge is 2.27. The second-order valence-electron chi connectivity index (χ2n) is 5.72. The van der Waals surface area contributed by atoms with Gasteiger partial charge in [0.25, 0.3) is 0 Å². The van der Waals surface area contributed by atoms with Crippen molar-refractivity contribution < 1.29 is 9.67 Å². The van der Waals surface area contributed by atoms with Gasteiger partial charge in [-0.15, -0.1) is 0 Å². The lowest BCUT2D eigenvalue weighted by molar-refractivity contribution is 0.158. The Morgan fingerprint density at radius 3 is 1.86 bits per heavy atom. The first-order valence-electron chi connectivity index (χ1n) is 8.05. The molecule has 0 unspecified atom stereocenters. The molecular formula is C19H25O2P. The van der Waals surface area contributed by atoms with Gasteiger partial charge in [0, 0.05) is 16.8 Å². The van der Waals surface area contributed by atoms with Crippen LogP contribution >= 0.6 is 7.14 Å². The molecule has 22 heavy (non-hydrogen) atoms. The van der Waals surface area contributed by atoms with Crippen LogP contribution in [0.4, 0.5) is 0 Å². The van der Waals surface area contributed by atoms with Gasteiger partial charge in [-0.25, -0.2) is 0 Å². The molecule has 3 heteroatoms. The first-order valence-corrected chi connectivity index (χ1v) is 9.94. The Labute approximate surface area is 133 Å². The molecule has 1 atom stereocenters. The maximum Gasteiger partial charge on any atom is 0.143 e. The number of benzene rings is 2. The summed E-state index contributed by atoms with van der Waals surface area (Å²) in [4.78, 5) is 0. The molecule has 0 bridgehead atoms. The van der Waals surface area contributed by atoms with Gasteiger partial charge in [0.1, 0.15) is 7.14 Å². The van der Waals surface area contributed by atoms with E-state index in [1.807, 2.05) is 60.7 Å². The third-order valence-corrected chi connectivity index (χ3v) is 7.17. The summed E-state index contributed by atoms with van der Waals surface area (Å²) in [6, 6.07) is 19.3. The zero-order valence-corrected chi connectivity index (χ0v) is 14.1. The van der Waals surface area contributed by atoms with Gasteiger partial charge in [0.05, 0.1) is 6.10 Å². The van der Waals surface area contributed by atoms with Crippen LogP contribution in [0.15, 0.2) is 60.7 Å². The Morgan fingerprint density at radius 2 is 1.41 bits per heavy atom. The van der Waals surface area contributed by atoms with E-state index >= 15 is 0 Å². The van der Waals surface area contributed by atoms with E-state index in [-0.39, 0.29) is 6.10 Å². The lowest BCUT2D eigenvalue weighted by Crippen LogP contribution is -2.21. The maximum atomic E-state index is 13.7. The molecular weight excluding hydrogens is 291 g/mol. The standard InChI is InChI=1S/C19H25O2P/c1-2-3-10-17(20)15-16-22(21,18-11-6-4-7-12-18)19-13-8-5-9-14-19/h4-9,11-14,17,20H,2-3,10,15-16H2,1H3/t17-/m1/s1. The third kappa shape index (κ3) is 4.32. The van der Waals surface area contributed by atoms with Crippen LogP contribution in [0.25, 0.3) is 0 Å². The minimum atomic E-state index is -2.67. The predicted octanol–water partition coefficient (Wildman–Crippen LogP) is 3.94. The maximum absolute atomic E-state index is 13.7. The number of unbranched alkanes of at least 4 members (excludes halogenated alkanes) is 1. The average molecular weight is 316 g/mol. The minimum absolute atomic E-state index is 0.360. The summed E-state index contributed by atoms with van der Waals surface area (Å²) in [5, 5.41) is 11.9. The van der Waals surface area contributed by atoms with Gasteiger partial charge in [-0.1, -0.05) is 80.4 Å². The van der Waals surface area contributed by atoms with Crippen LogP contribution < -0.4 is 10.6 Å². The first-order chi connectivity index (χ1) is 10.7. The molecule has 2 nitrogen and oxygen atoms in total. The fourth-order valence-electron chi connectivity index (χ4n) is 2.66.